The SMILES string of the molecule is CC1CC(NC(=O)c2ncccc2O)CCN1. The fraction of sp³-hybridized carbons (Fsp3) is 0.500. The molecule has 0 radical (unpaired) electrons. The molecule has 5 heteroatoms. The third-order valence-corrected chi connectivity index (χ3v) is 2.96. The number of piperidine rings is 1. The Morgan fingerprint density at radius 2 is 2.47 bits per heavy atom. The molecule has 2 unspecified atom stereocenters. The number of amides is 1. The van der Waals surface area contributed by atoms with Crippen LogP contribution in [0.1, 0.15) is 30.3 Å². The molecule has 0 bridgehead atoms. The predicted octanol–water partition coefficient (Wildman–Crippen LogP) is 0.657. The minimum atomic E-state index is -0.304. The first-order valence-electron chi connectivity index (χ1n) is 5.85. The highest BCUT2D eigenvalue weighted by atomic mass is 16.3. The van der Waals surface area contributed by atoms with Crippen molar-refractivity contribution in [2.45, 2.75) is 31.8 Å². The highest BCUT2D eigenvalue weighted by Crippen LogP contribution is 2.14. The molecular formula is C12H17N3O2. The third-order valence-electron chi connectivity index (χ3n) is 2.96. The lowest BCUT2D eigenvalue weighted by Gasteiger charge is -2.28. The Kier molecular flexibility index (Phi) is 3.58. The van der Waals surface area contributed by atoms with Gasteiger partial charge in [-0.3, -0.25) is 4.79 Å². The molecule has 0 saturated carbocycles. The van der Waals surface area contributed by atoms with Gasteiger partial charge in [0.25, 0.3) is 5.91 Å². The van der Waals surface area contributed by atoms with Crippen LogP contribution < -0.4 is 10.6 Å². The van der Waals surface area contributed by atoms with E-state index in [-0.39, 0.29) is 23.4 Å². The lowest BCUT2D eigenvalue weighted by atomic mass is 10.0. The summed E-state index contributed by atoms with van der Waals surface area (Å²) in [6.45, 7) is 3.00. The summed E-state index contributed by atoms with van der Waals surface area (Å²) in [4.78, 5) is 15.8. The maximum absolute atomic E-state index is 11.9. The van der Waals surface area contributed by atoms with Crippen LogP contribution in [0.25, 0.3) is 0 Å². The molecule has 5 nitrogen and oxygen atoms in total. The van der Waals surface area contributed by atoms with E-state index in [9.17, 15) is 9.90 Å². The van der Waals surface area contributed by atoms with Gasteiger partial charge in [0.1, 0.15) is 5.75 Å². The average Bonchev–Trinajstić information content (AvgIpc) is 2.29. The van der Waals surface area contributed by atoms with Gasteiger partial charge < -0.3 is 15.7 Å². The fourth-order valence-electron chi connectivity index (χ4n) is 2.09. The summed E-state index contributed by atoms with van der Waals surface area (Å²) in [7, 11) is 0. The van der Waals surface area contributed by atoms with Gasteiger partial charge in [-0.15, -0.1) is 0 Å². The van der Waals surface area contributed by atoms with Gasteiger partial charge in [-0.05, 0) is 38.4 Å². The topological polar surface area (TPSA) is 74.2 Å². The molecule has 2 heterocycles. The van der Waals surface area contributed by atoms with Crippen molar-refractivity contribution in [2.75, 3.05) is 6.54 Å². The minimum Gasteiger partial charge on any atom is -0.505 e. The summed E-state index contributed by atoms with van der Waals surface area (Å²) in [5, 5.41) is 15.8. The highest BCUT2D eigenvalue weighted by Gasteiger charge is 2.22. The predicted molar refractivity (Wildman–Crippen MR) is 63.9 cm³/mol. The summed E-state index contributed by atoms with van der Waals surface area (Å²) < 4.78 is 0. The summed E-state index contributed by atoms with van der Waals surface area (Å²) in [5.41, 5.74) is 0.0960. The molecule has 2 rings (SSSR count). The number of hydrogen-bond donors (Lipinski definition) is 3. The average molecular weight is 235 g/mol. The van der Waals surface area contributed by atoms with Gasteiger partial charge in [-0.25, -0.2) is 4.98 Å². The first-order valence-corrected chi connectivity index (χ1v) is 5.85. The van der Waals surface area contributed by atoms with E-state index in [1.54, 1.807) is 6.07 Å². The van der Waals surface area contributed by atoms with Crippen LogP contribution in [0, 0.1) is 0 Å². The van der Waals surface area contributed by atoms with E-state index in [1.807, 2.05) is 0 Å². The second kappa shape index (κ2) is 5.14. The van der Waals surface area contributed by atoms with E-state index >= 15 is 0 Å². The molecule has 1 saturated heterocycles. The number of rotatable bonds is 2. The number of pyridine rings is 1. The second-order valence-electron chi connectivity index (χ2n) is 4.42. The second-order valence-corrected chi connectivity index (χ2v) is 4.42. The summed E-state index contributed by atoms with van der Waals surface area (Å²) in [6, 6.07) is 3.62. The molecular weight excluding hydrogens is 218 g/mol. The van der Waals surface area contributed by atoms with E-state index in [2.05, 4.69) is 22.5 Å². The van der Waals surface area contributed by atoms with Crippen molar-refractivity contribution in [1.29, 1.82) is 0 Å². The van der Waals surface area contributed by atoms with Crippen molar-refractivity contribution in [2.24, 2.45) is 0 Å². The van der Waals surface area contributed by atoms with Crippen molar-refractivity contribution in [3.8, 4) is 5.75 Å². The summed E-state index contributed by atoms with van der Waals surface area (Å²) in [5.74, 6) is -0.380. The maximum Gasteiger partial charge on any atom is 0.273 e. The van der Waals surface area contributed by atoms with Crippen LogP contribution in [0.15, 0.2) is 18.3 Å². The minimum absolute atomic E-state index is 0.0769. The molecule has 1 fully saturated rings. The van der Waals surface area contributed by atoms with E-state index in [0.29, 0.717) is 6.04 Å². The number of carbonyl (C=O) groups is 1. The molecule has 0 aromatic carbocycles. The van der Waals surface area contributed by atoms with E-state index in [0.717, 1.165) is 19.4 Å². The third kappa shape index (κ3) is 2.94. The highest BCUT2D eigenvalue weighted by molar-refractivity contribution is 5.94. The van der Waals surface area contributed by atoms with Gasteiger partial charge in [-0.2, -0.15) is 0 Å². The Hall–Kier alpha value is -1.62. The fourth-order valence-corrected chi connectivity index (χ4v) is 2.09. The van der Waals surface area contributed by atoms with Gasteiger partial charge in [-0.1, -0.05) is 0 Å². The standard InChI is InChI=1S/C12H17N3O2/c1-8-7-9(4-6-13-8)15-12(17)11-10(16)3-2-5-14-11/h2-3,5,8-9,13,16H,4,6-7H2,1H3,(H,15,17). The Labute approximate surface area is 100 Å². The number of nitrogens with zero attached hydrogens (tertiary/aromatic N) is 1. The molecule has 1 aliphatic heterocycles. The largest absolute Gasteiger partial charge is 0.505 e. The first kappa shape index (κ1) is 11.9. The zero-order valence-electron chi connectivity index (χ0n) is 9.81. The molecule has 1 aromatic rings. The van der Waals surface area contributed by atoms with E-state index < -0.39 is 0 Å². The lowest BCUT2D eigenvalue weighted by Crippen LogP contribution is -2.46. The number of aromatic nitrogens is 1. The van der Waals surface area contributed by atoms with Gasteiger partial charge in [0.15, 0.2) is 5.69 Å². The van der Waals surface area contributed by atoms with Crippen molar-refractivity contribution < 1.29 is 9.90 Å². The molecule has 1 amide bonds. The Morgan fingerprint density at radius 3 is 3.18 bits per heavy atom. The van der Waals surface area contributed by atoms with Crippen LogP contribution in [0.4, 0.5) is 0 Å². The molecule has 1 aliphatic rings. The quantitative estimate of drug-likeness (QED) is 0.704. The van der Waals surface area contributed by atoms with Crippen LogP contribution in [0.3, 0.4) is 0 Å². The number of aromatic hydroxyl groups is 1. The van der Waals surface area contributed by atoms with Crippen LogP contribution >= 0.6 is 0 Å². The summed E-state index contributed by atoms with van der Waals surface area (Å²) in [6.07, 6.45) is 3.31. The lowest BCUT2D eigenvalue weighted by molar-refractivity contribution is 0.0917. The Morgan fingerprint density at radius 1 is 1.65 bits per heavy atom. The van der Waals surface area contributed by atoms with Crippen molar-refractivity contribution in [1.82, 2.24) is 15.6 Å². The van der Waals surface area contributed by atoms with Crippen molar-refractivity contribution in [3.63, 3.8) is 0 Å². The molecule has 0 aliphatic carbocycles. The first-order chi connectivity index (χ1) is 8.16. The zero-order chi connectivity index (χ0) is 12.3. The number of carbonyl (C=O) groups excluding carboxylic acids is 1. The Balaban J connectivity index is 1.99. The van der Waals surface area contributed by atoms with Crippen LogP contribution in [0.5, 0.6) is 5.75 Å². The van der Waals surface area contributed by atoms with Crippen LogP contribution in [0.2, 0.25) is 0 Å². The van der Waals surface area contributed by atoms with E-state index in [1.165, 1.54) is 12.3 Å². The van der Waals surface area contributed by atoms with Crippen molar-refractivity contribution >= 4 is 5.91 Å². The summed E-state index contributed by atoms with van der Waals surface area (Å²) >= 11 is 0. The monoisotopic (exact) mass is 235 g/mol. The molecule has 3 N–H and O–H groups in total. The van der Waals surface area contributed by atoms with Gasteiger partial charge in [0.2, 0.25) is 0 Å². The molecule has 0 spiro atoms. The zero-order valence-corrected chi connectivity index (χ0v) is 9.81. The van der Waals surface area contributed by atoms with Crippen molar-refractivity contribution in [3.05, 3.63) is 24.0 Å². The van der Waals surface area contributed by atoms with Gasteiger partial charge >= 0.3 is 0 Å². The van der Waals surface area contributed by atoms with Crippen LogP contribution in [-0.4, -0.2) is 34.6 Å². The van der Waals surface area contributed by atoms with E-state index in [4.69, 9.17) is 0 Å². The van der Waals surface area contributed by atoms with Crippen LogP contribution in [-0.2, 0) is 0 Å². The smallest absolute Gasteiger partial charge is 0.273 e. The van der Waals surface area contributed by atoms with Gasteiger partial charge in [0.05, 0.1) is 0 Å². The molecule has 1 aromatic heterocycles. The number of nitrogens with one attached hydrogen (secondary N) is 2. The maximum atomic E-state index is 11.9. The molecule has 17 heavy (non-hydrogen) atoms. The normalized spacial score (nSPS) is 24.3. The van der Waals surface area contributed by atoms with Gasteiger partial charge in [0, 0.05) is 18.3 Å². The Bertz CT molecular complexity index is 408. The molecule has 92 valence electrons. The number of hydrogen-bond acceptors (Lipinski definition) is 4. The molecule has 2 atom stereocenters.